The van der Waals surface area contributed by atoms with E-state index in [9.17, 15) is 8.42 Å². The molecule has 1 atom stereocenters. The highest BCUT2D eigenvalue weighted by molar-refractivity contribution is 7.89. The van der Waals surface area contributed by atoms with Crippen LogP contribution in [0.4, 0.5) is 0 Å². The molecule has 0 amide bonds. The quantitative estimate of drug-likeness (QED) is 0.766. The maximum absolute atomic E-state index is 11.8. The average Bonchev–Trinajstić information content (AvgIpc) is 2.80. The molecule has 0 spiro atoms. The van der Waals surface area contributed by atoms with Gasteiger partial charge < -0.3 is 5.11 Å². The van der Waals surface area contributed by atoms with Crippen molar-refractivity contribution in [3.05, 3.63) is 0 Å². The first-order chi connectivity index (χ1) is 8.13. The maximum atomic E-state index is 11.8. The molecule has 5 nitrogen and oxygen atoms in total. The van der Waals surface area contributed by atoms with E-state index in [2.05, 4.69) is 4.90 Å². The Kier molecular flexibility index (Phi) is 4.41. The summed E-state index contributed by atoms with van der Waals surface area (Å²) in [6.07, 6.45) is 4.71. The highest BCUT2D eigenvalue weighted by Crippen LogP contribution is 2.22. The maximum Gasteiger partial charge on any atom is 0.216 e. The number of piperidine rings is 1. The van der Waals surface area contributed by atoms with Gasteiger partial charge in [-0.05, 0) is 32.4 Å². The number of likely N-dealkylation sites (tertiary alicyclic amines) is 1. The molecule has 2 fully saturated rings. The predicted octanol–water partition coefficient (Wildman–Crippen LogP) is -0.131. The number of aliphatic hydroxyl groups excluding tert-OH is 1. The lowest BCUT2D eigenvalue weighted by Crippen LogP contribution is -2.42. The van der Waals surface area contributed by atoms with Gasteiger partial charge in [0.1, 0.15) is 0 Å². The molecule has 1 N–H and O–H groups in total. The van der Waals surface area contributed by atoms with E-state index in [0.717, 1.165) is 19.5 Å². The van der Waals surface area contributed by atoms with E-state index in [4.69, 9.17) is 5.11 Å². The Bertz CT molecular complexity index is 339. The lowest BCUT2D eigenvalue weighted by atomic mass is 10.1. The Morgan fingerprint density at radius 3 is 2.47 bits per heavy atom. The van der Waals surface area contributed by atoms with Crippen molar-refractivity contribution in [1.82, 2.24) is 9.21 Å². The summed E-state index contributed by atoms with van der Waals surface area (Å²) >= 11 is 0. The number of sulfonamides is 1. The topological polar surface area (TPSA) is 60.9 Å². The molecule has 2 aliphatic heterocycles. The summed E-state index contributed by atoms with van der Waals surface area (Å²) in [5.41, 5.74) is 0. The van der Waals surface area contributed by atoms with E-state index in [1.807, 2.05) is 0 Å². The third kappa shape index (κ3) is 3.19. The second-order valence-corrected chi connectivity index (χ2v) is 7.03. The molecular formula is C11H22N2O3S. The lowest BCUT2D eigenvalue weighted by Gasteiger charge is -2.32. The van der Waals surface area contributed by atoms with Crippen LogP contribution in [-0.2, 0) is 10.0 Å². The molecule has 0 aromatic carbocycles. The fraction of sp³-hybridized carbons (Fsp3) is 1.00. The third-order valence-corrected chi connectivity index (χ3v) is 5.59. The number of hydrogen-bond acceptors (Lipinski definition) is 4. The lowest BCUT2D eigenvalue weighted by molar-refractivity contribution is 0.169. The zero-order chi connectivity index (χ0) is 12.3. The zero-order valence-electron chi connectivity index (χ0n) is 10.2. The SMILES string of the molecule is O=S(=O)(CCO)N1CCC(N2CCCCC2)C1. The van der Waals surface area contributed by atoms with Crippen LogP contribution in [0.15, 0.2) is 0 Å². The third-order valence-electron chi connectivity index (χ3n) is 3.78. The van der Waals surface area contributed by atoms with Crippen LogP contribution in [0.1, 0.15) is 25.7 Å². The van der Waals surface area contributed by atoms with Crippen molar-refractivity contribution < 1.29 is 13.5 Å². The fourth-order valence-electron chi connectivity index (χ4n) is 2.79. The van der Waals surface area contributed by atoms with Gasteiger partial charge in [0, 0.05) is 19.1 Å². The summed E-state index contributed by atoms with van der Waals surface area (Å²) in [6.45, 7) is 3.16. The van der Waals surface area contributed by atoms with Crippen molar-refractivity contribution in [1.29, 1.82) is 0 Å². The number of aliphatic hydroxyl groups is 1. The summed E-state index contributed by atoms with van der Waals surface area (Å²) in [5, 5.41) is 8.76. The summed E-state index contributed by atoms with van der Waals surface area (Å²) < 4.78 is 25.2. The van der Waals surface area contributed by atoms with E-state index in [0.29, 0.717) is 19.1 Å². The second kappa shape index (κ2) is 5.65. The molecule has 0 aromatic heterocycles. The van der Waals surface area contributed by atoms with Crippen molar-refractivity contribution in [3.8, 4) is 0 Å². The molecule has 0 saturated carbocycles. The van der Waals surface area contributed by atoms with Gasteiger partial charge in [0.25, 0.3) is 0 Å². The highest BCUT2D eigenvalue weighted by Gasteiger charge is 2.34. The van der Waals surface area contributed by atoms with Gasteiger partial charge >= 0.3 is 0 Å². The summed E-state index contributed by atoms with van der Waals surface area (Å²) in [6, 6.07) is 0.392. The van der Waals surface area contributed by atoms with Crippen LogP contribution in [0.5, 0.6) is 0 Å². The van der Waals surface area contributed by atoms with Crippen molar-refractivity contribution in [2.45, 2.75) is 31.7 Å². The van der Waals surface area contributed by atoms with E-state index < -0.39 is 10.0 Å². The Morgan fingerprint density at radius 2 is 1.82 bits per heavy atom. The van der Waals surface area contributed by atoms with Gasteiger partial charge in [0.2, 0.25) is 10.0 Å². The van der Waals surface area contributed by atoms with Gasteiger partial charge in [-0.1, -0.05) is 6.42 Å². The molecule has 17 heavy (non-hydrogen) atoms. The molecule has 2 saturated heterocycles. The minimum absolute atomic E-state index is 0.139. The molecule has 0 aromatic rings. The van der Waals surface area contributed by atoms with Crippen molar-refractivity contribution in [2.24, 2.45) is 0 Å². The molecule has 1 unspecified atom stereocenters. The van der Waals surface area contributed by atoms with Crippen LogP contribution >= 0.6 is 0 Å². The minimum Gasteiger partial charge on any atom is -0.395 e. The first-order valence-electron chi connectivity index (χ1n) is 6.46. The van der Waals surface area contributed by atoms with Gasteiger partial charge in [-0.15, -0.1) is 0 Å². The van der Waals surface area contributed by atoms with E-state index in [1.165, 1.54) is 19.3 Å². The fourth-order valence-corrected chi connectivity index (χ4v) is 4.06. The minimum atomic E-state index is -3.22. The van der Waals surface area contributed by atoms with Crippen LogP contribution in [0, 0.1) is 0 Å². The van der Waals surface area contributed by atoms with Crippen LogP contribution in [0.2, 0.25) is 0 Å². The first kappa shape index (κ1) is 13.3. The van der Waals surface area contributed by atoms with Crippen molar-refractivity contribution in [2.75, 3.05) is 38.5 Å². The molecule has 0 bridgehead atoms. The largest absolute Gasteiger partial charge is 0.395 e. The standard InChI is InChI=1S/C11H22N2O3S/c14-8-9-17(15,16)13-7-4-11(10-13)12-5-2-1-3-6-12/h11,14H,1-10H2. The van der Waals surface area contributed by atoms with Crippen molar-refractivity contribution in [3.63, 3.8) is 0 Å². The smallest absolute Gasteiger partial charge is 0.216 e. The average molecular weight is 262 g/mol. The first-order valence-corrected chi connectivity index (χ1v) is 8.07. The van der Waals surface area contributed by atoms with Gasteiger partial charge in [0.15, 0.2) is 0 Å². The van der Waals surface area contributed by atoms with Gasteiger partial charge in [0.05, 0.1) is 12.4 Å². The number of nitrogens with zero attached hydrogens (tertiary/aromatic N) is 2. The van der Waals surface area contributed by atoms with E-state index in [1.54, 1.807) is 4.31 Å². The van der Waals surface area contributed by atoms with Crippen molar-refractivity contribution >= 4 is 10.0 Å². The van der Waals surface area contributed by atoms with Gasteiger partial charge in [-0.25, -0.2) is 12.7 Å². The Hall–Kier alpha value is -0.170. The van der Waals surface area contributed by atoms with Crippen LogP contribution in [0.3, 0.4) is 0 Å². The van der Waals surface area contributed by atoms with Gasteiger partial charge in [-0.2, -0.15) is 0 Å². The number of rotatable bonds is 4. The summed E-state index contributed by atoms with van der Waals surface area (Å²) in [5.74, 6) is -0.139. The Labute approximate surface area is 103 Å². The van der Waals surface area contributed by atoms with E-state index >= 15 is 0 Å². The molecule has 0 aliphatic carbocycles. The molecule has 2 rings (SSSR count). The summed E-state index contributed by atoms with van der Waals surface area (Å²) in [7, 11) is -3.22. The number of hydrogen-bond donors (Lipinski definition) is 1. The Balaban J connectivity index is 1.90. The monoisotopic (exact) mass is 262 g/mol. The Morgan fingerprint density at radius 1 is 1.12 bits per heavy atom. The molecule has 2 aliphatic rings. The van der Waals surface area contributed by atoms with Crippen LogP contribution < -0.4 is 0 Å². The van der Waals surface area contributed by atoms with Crippen LogP contribution in [0.25, 0.3) is 0 Å². The molecular weight excluding hydrogens is 240 g/mol. The normalized spacial score (nSPS) is 28.6. The molecule has 100 valence electrons. The molecule has 6 heteroatoms. The second-order valence-electron chi connectivity index (χ2n) is 4.94. The van der Waals surface area contributed by atoms with Gasteiger partial charge in [-0.3, -0.25) is 4.90 Å². The summed E-state index contributed by atoms with van der Waals surface area (Å²) in [4.78, 5) is 2.43. The predicted molar refractivity (Wildman–Crippen MR) is 66.3 cm³/mol. The molecule has 2 heterocycles. The highest BCUT2D eigenvalue weighted by atomic mass is 32.2. The van der Waals surface area contributed by atoms with E-state index in [-0.39, 0.29) is 12.4 Å². The zero-order valence-corrected chi connectivity index (χ0v) is 11.0. The van der Waals surface area contributed by atoms with Crippen LogP contribution in [-0.4, -0.2) is 67.3 Å². The molecule has 0 radical (unpaired) electrons.